The van der Waals surface area contributed by atoms with Crippen molar-refractivity contribution in [1.29, 1.82) is 0 Å². The molecular formula is C17H19N3O4. The maximum Gasteiger partial charge on any atom is 0.259 e. The predicted octanol–water partition coefficient (Wildman–Crippen LogP) is 1.16. The van der Waals surface area contributed by atoms with Gasteiger partial charge in [0.1, 0.15) is 0 Å². The molecule has 1 unspecified atom stereocenters. The van der Waals surface area contributed by atoms with Crippen molar-refractivity contribution < 1.29 is 19.2 Å². The number of anilines is 1. The van der Waals surface area contributed by atoms with E-state index in [1.54, 1.807) is 11.0 Å². The van der Waals surface area contributed by atoms with Gasteiger partial charge in [0.05, 0.1) is 17.0 Å². The number of nitrogens with zero attached hydrogens (tertiary/aromatic N) is 1. The number of carbonyl (C=O) groups excluding carboxylic acids is 4. The molecular weight excluding hydrogens is 310 g/mol. The van der Waals surface area contributed by atoms with Crippen LogP contribution >= 0.6 is 0 Å². The van der Waals surface area contributed by atoms with Crippen LogP contribution in [0.4, 0.5) is 5.69 Å². The molecule has 2 aliphatic rings. The van der Waals surface area contributed by atoms with Crippen LogP contribution in [-0.4, -0.2) is 40.6 Å². The molecule has 0 saturated carbocycles. The third kappa shape index (κ3) is 2.77. The van der Waals surface area contributed by atoms with Gasteiger partial charge < -0.3 is 10.2 Å². The first-order valence-corrected chi connectivity index (χ1v) is 7.78. The summed E-state index contributed by atoms with van der Waals surface area (Å²) in [6.45, 7) is 6.17. The second kappa shape index (κ2) is 5.43. The first kappa shape index (κ1) is 16.2. The van der Waals surface area contributed by atoms with Crippen molar-refractivity contribution in [2.75, 3.05) is 11.9 Å². The molecule has 24 heavy (non-hydrogen) atoms. The van der Waals surface area contributed by atoms with Gasteiger partial charge in [0.2, 0.25) is 11.8 Å². The highest BCUT2D eigenvalue weighted by Crippen LogP contribution is 2.27. The zero-order chi connectivity index (χ0) is 17.6. The lowest BCUT2D eigenvalue weighted by Crippen LogP contribution is -2.42. The van der Waals surface area contributed by atoms with E-state index in [9.17, 15) is 19.2 Å². The minimum atomic E-state index is -0.471. The average molecular weight is 329 g/mol. The van der Waals surface area contributed by atoms with E-state index < -0.39 is 17.7 Å². The molecule has 7 heteroatoms. The Labute approximate surface area is 139 Å². The minimum Gasteiger partial charge on any atom is -0.337 e. The molecule has 0 radical (unpaired) electrons. The molecule has 126 valence electrons. The minimum absolute atomic E-state index is 0.0402. The quantitative estimate of drug-likeness (QED) is 0.796. The topological polar surface area (TPSA) is 95.6 Å². The lowest BCUT2D eigenvalue weighted by atomic mass is 10.1. The zero-order valence-corrected chi connectivity index (χ0v) is 13.8. The summed E-state index contributed by atoms with van der Waals surface area (Å²) >= 11 is 0. The Balaban J connectivity index is 1.73. The smallest absolute Gasteiger partial charge is 0.259 e. The monoisotopic (exact) mass is 329 g/mol. The fraction of sp³-hybridized carbons (Fsp3) is 0.412. The summed E-state index contributed by atoms with van der Waals surface area (Å²) in [5, 5.41) is 4.94. The lowest BCUT2D eigenvalue weighted by Gasteiger charge is -2.31. The van der Waals surface area contributed by atoms with Gasteiger partial charge in [-0.05, 0) is 39.0 Å². The summed E-state index contributed by atoms with van der Waals surface area (Å²) < 4.78 is 0. The van der Waals surface area contributed by atoms with E-state index in [2.05, 4.69) is 10.6 Å². The second-order valence-electron chi connectivity index (χ2n) is 7.11. The van der Waals surface area contributed by atoms with Crippen LogP contribution in [0.5, 0.6) is 0 Å². The Morgan fingerprint density at radius 3 is 2.46 bits per heavy atom. The van der Waals surface area contributed by atoms with Crippen LogP contribution in [0.2, 0.25) is 0 Å². The molecule has 2 heterocycles. The van der Waals surface area contributed by atoms with E-state index >= 15 is 0 Å². The fourth-order valence-corrected chi connectivity index (χ4v) is 3.02. The molecule has 1 fully saturated rings. The van der Waals surface area contributed by atoms with E-state index in [1.807, 2.05) is 20.8 Å². The van der Waals surface area contributed by atoms with Crippen molar-refractivity contribution in [3.63, 3.8) is 0 Å². The Hall–Kier alpha value is -2.70. The van der Waals surface area contributed by atoms with E-state index in [0.717, 1.165) is 0 Å². The number of nitrogens with one attached hydrogen (secondary N) is 2. The van der Waals surface area contributed by atoms with Gasteiger partial charge in [0.25, 0.3) is 11.8 Å². The van der Waals surface area contributed by atoms with Crippen LogP contribution in [0, 0.1) is 5.92 Å². The Morgan fingerprint density at radius 1 is 1.17 bits per heavy atom. The average Bonchev–Trinajstić information content (AvgIpc) is 3.00. The third-order valence-corrected chi connectivity index (χ3v) is 4.31. The molecule has 3 rings (SSSR count). The second-order valence-corrected chi connectivity index (χ2v) is 7.11. The molecule has 1 saturated heterocycles. The summed E-state index contributed by atoms with van der Waals surface area (Å²) in [7, 11) is 0. The standard InChI is InChI=1S/C17H19N3O4/c1-17(2,3)20-8-9(6-13(20)21)14(22)18-10-4-5-11-12(7-10)16(24)19-15(11)23/h4-5,7,9H,6,8H2,1-3H3,(H,18,22)(H,19,23,24). The highest BCUT2D eigenvalue weighted by molar-refractivity contribution is 6.22. The van der Waals surface area contributed by atoms with Crippen molar-refractivity contribution in [2.24, 2.45) is 5.92 Å². The van der Waals surface area contributed by atoms with Gasteiger partial charge in [-0.15, -0.1) is 0 Å². The first-order valence-electron chi connectivity index (χ1n) is 7.78. The van der Waals surface area contributed by atoms with Gasteiger partial charge in [0, 0.05) is 24.2 Å². The summed E-state index contributed by atoms with van der Waals surface area (Å²) in [6, 6.07) is 4.56. The zero-order valence-electron chi connectivity index (χ0n) is 13.8. The van der Waals surface area contributed by atoms with Crippen LogP contribution in [0.3, 0.4) is 0 Å². The van der Waals surface area contributed by atoms with Crippen LogP contribution < -0.4 is 10.6 Å². The Bertz CT molecular complexity index is 764. The van der Waals surface area contributed by atoms with Gasteiger partial charge in [0.15, 0.2) is 0 Å². The number of carbonyl (C=O) groups is 4. The SMILES string of the molecule is CC(C)(C)N1CC(C(=O)Nc2ccc3c(c2)C(=O)NC3=O)CC1=O. The maximum absolute atomic E-state index is 12.4. The van der Waals surface area contributed by atoms with Gasteiger partial charge in [-0.25, -0.2) is 0 Å². The third-order valence-electron chi connectivity index (χ3n) is 4.31. The first-order chi connectivity index (χ1) is 11.2. The molecule has 1 aromatic carbocycles. The van der Waals surface area contributed by atoms with E-state index in [-0.39, 0.29) is 29.3 Å². The molecule has 0 aromatic heterocycles. The van der Waals surface area contributed by atoms with E-state index in [4.69, 9.17) is 0 Å². The van der Waals surface area contributed by atoms with Crippen molar-refractivity contribution in [3.8, 4) is 0 Å². The molecule has 7 nitrogen and oxygen atoms in total. The van der Waals surface area contributed by atoms with Crippen LogP contribution in [0.15, 0.2) is 18.2 Å². The van der Waals surface area contributed by atoms with Crippen molar-refractivity contribution in [3.05, 3.63) is 29.3 Å². The van der Waals surface area contributed by atoms with Crippen LogP contribution in [-0.2, 0) is 9.59 Å². The van der Waals surface area contributed by atoms with Crippen molar-refractivity contribution in [1.82, 2.24) is 10.2 Å². The number of hydrogen-bond donors (Lipinski definition) is 2. The Kier molecular flexibility index (Phi) is 3.66. The van der Waals surface area contributed by atoms with Crippen LogP contribution in [0.1, 0.15) is 47.9 Å². The summed E-state index contributed by atoms with van der Waals surface area (Å²) in [5.41, 5.74) is 0.660. The summed E-state index contributed by atoms with van der Waals surface area (Å²) in [5.74, 6) is -1.64. The molecule has 2 N–H and O–H groups in total. The summed E-state index contributed by atoms with van der Waals surface area (Å²) in [6.07, 6.45) is 0.174. The highest BCUT2D eigenvalue weighted by Gasteiger charge is 2.39. The van der Waals surface area contributed by atoms with Gasteiger partial charge in [-0.1, -0.05) is 0 Å². The van der Waals surface area contributed by atoms with Gasteiger partial charge >= 0.3 is 0 Å². The molecule has 2 aliphatic heterocycles. The van der Waals surface area contributed by atoms with Gasteiger partial charge in [-0.3, -0.25) is 24.5 Å². The lowest BCUT2D eigenvalue weighted by molar-refractivity contribution is -0.131. The van der Waals surface area contributed by atoms with E-state index in [1.165, 1.54) is 12.1 Å². The molecule has 1 atom stereocenters. The Morgan fingerprint density at radius 2 is 1.83 bits per heavy atom. The largest absolute Gasteiger partial charge is 0.337 e. The summed E-state index contributed by atoms with van der Waals surface area (Å²) in [4.78, 5) is 49.4. The van der Waals surface area contributed by atoms with E-state index in [0.29, 0.717) is 17.8 Å². The van der Waals surface area contributed by atoms with Crippen LogP contribution in [0.25, 0.3) is 0 Å². The molecule has 0 bridgehead atoms. The fourth-order valence-electron chi connectivity index (χ4n) is 3.02. The molecule has 0 aliphatic carbocycles. The number of hydrogen-bond acceptors (Lipinski definition) is 4. The van der Waals surface area contributed by atoms with Crippen molar-refractivity contribution >= 4 is 29.3 Å². The number of likely N-dealkylation sites (tertiary alicyclic amines) is 1. The normalized spacial score (nSPS) is 20.2. The predicted molar refractivity (Wildman–Crippen MR) is 86.4 cm³/mol. The highest BCUT2D eigenvalue weighted by atomic mass is 16.2. The maximum atomic E-state index is 12.4. The number of amides is 4. The molecule has 4 amide bonds. The number of fused-ring (bicyclic) bond motifs is 1. The number of benzene rings is 1. The number of imide groups is 1. The number of rotatable bonds is 2. The molecule has 0 spiro atoms. The van der Waals surface area contributed by atoms with Gasteiger partial charge in [-0.2, -0.15) is 0 Å². The van der Waals surface area contributed by atoms with Crippen molar-refractivity contribution in [2.45, 2.75) is 32.7 Å². The molecule has 1 aromatic rings.